The van der Waals surface area contributed by atoms with Gasteiger partial charge in [0.25, 0.3) is 0 Å². The van der Waals surface area contributed by atoms with E-state index in [1.807, 2.05) is 0 Å². The van der Waals surface area contributed by atoms with Crippen LogP contribution in [0.2, 0.25) is 0 Å². The van der Waals surface area contributed by atoms with E-state index in [1.165, 1.54) is 49.9 Å². The van der Waals surface area contributed by atoms with Crippen LogP contribution in [0.1, 0.15) is 38.3 Å². The number of alkyl halides is 6. The number of ether oxygens (including phenoxy) is 1. The SMILES string of the molecule is CCOCC1CCC2(CCN(Cc3ccc4ccccc4n3)CC2)N1C.O=C(O)C(F)(F)F.O=C(O)C(F)(F)F. The van der Waals surface area contributed by atoms with Gasteiger partial charge in [-0.2, -0.15) is 26.3 Å². The highest BCUT2D eigenvalue weighted by atomic mass is 19.4. The van der Waals surface area contributed by atoms with Gasteiger partial charge < -0.3 is 14.9 Å². The number of carboxylic acids is 2. The number of nitrogens with zero attached hydrogens (tertiary/aromatic N) is 3. The third-order valence-electron chi connectivity index (χ3n) is 7.07. The molecule has 2 aromatic rings. The van der Waals surface area contributed by atoms with Crippen molar-refractivity contribution in [2.75, 3.05) is 33.4 Å². The van der Waals surface area contributed by atoms with E-state index < -0.39 is 24.3 Å². The summed E-state index contributed by atoms with van der Waals surface area (Å²) >= 11 is 0. The lowest BCUT2D eigenvalue weighted by Gasteiger charge is -2.45. The highest BCUT2D eigenvalue weighted by Gasteiger charge is 2.45. The fraction of sp³-hybridized carbons (Fsp3) is 0.577. The predicted molar refractivity (Wildman–Crippen MR) is 134 cm³/mol. The second kappa shape index (κ2) is 14.1. The van der Waals surface area contributed by atoms with Crippen LogP contribution in [0.15, 0.2) is 36.4 Å². The van der Waals surface area contributed by atoms with Gasteiger partial charge in [-0.3, -0.25) is 14.8 Å². The molecule has 2 fully saturated rings. The van der Waals surface area contributed by atoms with E-state index in [4.69, 9.17) is 29.5 Å². The van der Waals surface area contributed by atoms with E-state index in [-0.39, 0.29) is 0 Å². The second-order valence-corrected chi connectivity index (χ2v) is 9.56. The number of aromatic nitrogens is 1. The molecule has 1 spiro atoms. The molecule has 2 saturated heterocycles. The number of benzene rings is 1. The molecule has 2 aliphatic rings. The lowest BCUT2D eigenvalue weighted by Crippen LogP contribution is -2.52. The van der Waals surface area contributed by atoms with E-state index >= 15 is 0 Å². The molecule has 3 heterocycles. The van der Waals surface area contributed by atoms with Gasteiger partial charge in [0.2, 0.25) is 0 Å². The highest BCUT2D eigenvalue weighted by molar-refractivity contribution is 5.78. The minimum Gasteiger partial charge on any atom is -0.475 e. The monoisotopic (exact) mass is 581 g/mol. The first-order valence-electron chi connectivity index (χ1n) is 12.6. The topological polar surface area (TPSA) is 103 Å². The summed E-state index contributed by atoms with van der Waals surface area (Å²) in [5, 5.41) is 15.5. The van der Waals surface area contributed by atoms with Crippen molar-refractivity contribution in [3.63, 3.8) is 0 Å². The Kier molecular flexibility index (Phi) is 11.7. The number of carbonyl (C=O) groups is 2. The summed E-state index contributed by atoms with van der Waals surface area (Å²) in [5.41, 5.74) is 2.69. The first kappa shape index (κ1) is 33.2. The van der Waals surface area contributed by atoms with E-state index in [0.29, 0.717) is 11.6 Å². The maximum Gasteiger partial charge on any atom is 0.490 e. The summed E-state index contributed by atoms with van der Waals surface area (Å²) in [5.74, 6) is -5.51. The number of pyridine rings is 1. The number of hydrogen-bond acceptors (Lipinski definition) is 6. The molecule has 4 rings (SSSR count). The van der Waals surface area contributed by atoms with Crippen LogP contribution in [0, 0.1) is 0 Å². The summed E-state index contributed by atoms with van der Waals surface area (Å²) in [6, 6.07) is 13.4. The van der Waals surface area contributed by atoms with Crippen LogP contribution in [0.4, 0.5) is 26.3 Å². The minimum absolute atomic E-state index is 0.398. The molecule has 40 heavy (non-hydrogen) atoms. The first-order valence-corrected chi connectivity index (χ1v) is 12.6. The number of fused-ring (bicyclic) bond motifs is 1. The fourth-order valence-electron chi connectivity index (χ4n) is 4.80. The maximum atomic E-state index is 10.6. The Hall–Kier alpha value is -2.97. The van der Waals surface area contributed by atoms with Crippen molar-refractivity contribution in [3.05, 3.63) is 42.1 Å². The third kappa shape index (κ3) is 9.59. The molecule has 224 valence electrons. The van der Waals surface area contributed by atoms with E-state index in [9.17, 15) is 26.3 Å². The van der Waals surface area contributed by atoms with Crippen molar-refractivity contribution in [3.8, 4) is 0 Å². The Morgan fingerprint density at radius 2 is 1.52 bits per heavy atom. The Bertz CT molecular complexity index is 1100. The lowest BCUT2D eigenvalue weighted by molar-refractivity contribution is -0.193. The summed E-state index contributed by atoms with van der Waals surface area (Å²) in [4.78, 5) is 27.9. The number of halogens is 6. The van der Waals surface area contributed by atoms with E-state index in [2.05, 4.69) is 60.2 Å². The molecular weight excluding hydrogens is 548 g/mol. The summed E-state index contributed by atoms with van der Waals surface area (Å²) in [6.07, 6.45) is -5.04. The molecule has 2 N–H and O–H groups in total. The summed E-state index contributed by atoms with van der Waals surface area (Å²) < 4.78 is 69.2. The molecule has 1 aromatic heterocycles. The lowest BCUT2D eigenvalue weighted by atomic mass is 9.85. The van der Waals surface area contributed by atoms with Crippen molar-refractivity contribution < 1.29 is 50.9 Å². The van der Waals surface area contributed by atoms with Crippen LogP contribution in [-0.4, -0.2) is 94.2 Å². The van der Waals surface area contributed by atoms with Gasteiger partial charge in [-0.05, 0) is 51.8 Å². The van der Waals surface area contributed by atoms with Gasteiger partial charge in [-0.25, -0.2) is 9.59 Å². The maximum absolute atomic E-state index is 10.6. The highest BCUT2D eigenvalue weighted by Crippen LogP contribution is 2.40. The number of rotatable bonds is 5. The van der Waals surface area contributed by atoms with Crippen LogP contribution in [0.5, 0.6) is 0 Å². The van der Waals surface area contributed by atoms with Crippen LogP contribution in [0.3, 0.4) is 0 Å². The number of hydrogen-bond donors (Lipinski definition) is 2. The molecule has 8 nitrogen and oxygen atoms in total. The van der Waals surface area contributed by atoms with Crippen molar-refractivity contribution in [2.45, 2.75) is 63.1 Å². The molecule has 1 unspecified atom stereocenters. The molecule has 2 aliphatic heterocycles. The summed E-state index contributed by atoms with van der Waals surface area (Å²) in [6.45, 7) is 7.10. The number of aliphatic carboxylic acids is 2. The molecular formula is C26H33F6N3O5. The molecule has 1 aromatic carbocycles. The quantitative estimate of drug-likeness (QED) is 0.478. The molecule has 0 bridgehead atoms. The van der Waals surface area contributed by atoms with Gasteiger partial charge in [0.15, 0.2) is 0 Å². The molecule has 1 atom stereocenters. The molecule has 0 saturated carbocycles. The smallest absolute Gasteiger partial charge is 0.475 e. The van der Waals surface area contributed by atoms with Crippen LogP contribution in [0.25, 0.3) is 10.9 Å². The second-order valence-electron chi connectivity index (χ2n) is 9.56. The largest absolute Gasteiger partial charge is 0.490 e. The Morgan fingerprint density at radius 1 is 0.975 bits per heavy atom. The molecule has 0 aliphatic carbocycles. The van der Waals surface area contributed by atoms with Crippen molar-refractivity contribution >= 4 is 22.8 Å². The van der Waals surface area contributed by atoms with Gasteiger partial charge >= 0.3 is 24.3 Å². The van der Waals surface area contributed by atoms with Crippen LogP contribution < -0.4 is 0 Å². The van der Waals surface area contributed by atoms with Gasteiger partial charge in [0.05, 0.1) is 17.8 Å². The Balaban J connectivity index is 0.000000333. The van der Waals surface area contributed by atoms with Gasteiger partial charge in [0, 0.05) is 43.2 Å². The van der Waals surface area contributed by atoms with Gasteiger partial charge in [-0.15, -0.1) is 0 Å². The number of likely N-dealkylation sites (tertiary alicyclic amines) is 2. The number of carboxylic acid groups (broad SMARTS) is 2. The predicted octanol–water partition coefficient (Wildman–Crippen LogP) is 4.97. The fourth-order valence-corrected chi connectivity index (χ4v) is 4.80. The van der Waals surface area contributed by atoms with Crippen LogP contribution >= 0.6 is 0 Å². The van der Waals surface area contributed by atoms with Crippen molar-refractivity contribution in [1.82, 2.24) is 14.8 Å². The van der Waals surface area contributed by atoms with Gasteiger partial charge in [0.1, 0.15) is 0 Å². The number of likely N-dealkylation sites (N-methyl/N-ethyl adjacent to an activating group) is 1. The average molecular weight is 582 g/mol. The standard InChI is InChI=1S/C22H31N3O.2C2HF3O2/c1-3-26-17-20-10-11-22(24(20)2)12-14-25(15-13-22)16-19-9-8-18-6-4-5-7-21(18)23-19;2*3-2(4,5)1(6)7/h4-9,20H,3,10-17H2,1-2H3;2*(H,6,7). The van der Waals surface area contributed by atoms with E-state index in [1.54, 1.807) is 0 Å². The third-order valence-corrected chi connectivity index (χ3v) is 7.07. The Labute approximate surface area is 227 Å². The van der Waals surface area contributed by atoms with E-state index in [0.717, 1.165) is 25.3 Å². The van der Waals surface area contributed by atoms with Crippen molar-refractivity contribution in [2.24, 2.45) is 0 Å². The molecule has 0 amide bonds. The molecule has 0 radical (unpaired) electrons. The Morgan fingerprint density at radius 3 is 2.05 bits per heavy atom. The molecule has 14 heteroatoms. The number of piperidine rings is 1. The zero-order valence-corrected chi connectivity index (χ0v) is 22.1. The minimum atomic E-state index is -5.08. The average Bonchev–Trinajstić information content (AvgIpc) is 3.18. The van der Waals surface area contributed by atoms with Crippen LogP contribution in [-0.2, 0) is 20.9 Å². The summed E-state index contributed by atoms with van der Waals surface area (Å²) in [7, 11) is 2.32. The normalized spacial score (nSPS) is 19.4. The zero-order valence-electron chi connectivity index (χ0n) is 22.1. The van der Waals surface area contributed by atoms with Gasteiger partial charge in [-0.1, -0.05) is 24.3 Å². The first-order chi connectivity index (χ1) is 18.6. The number of para-hydroxylation sites is 1. The van der Waals surface area contributed by atoms with Crippen molar-refractivity contribution in [1.29, 1.82) is 0 Å². The zero-order chi connectivity index (χ0) is 30.1.